The molecule has 1 amide bonds. The standard InChI is InChI=1S/C16H22N2O5S2/c1-12(19)17-13-4-6-14(7-5-13)25(22,23)16-11-24(20,21)10-15(16)18-8-2-3-9-18/h4-7,15-16H,2-3,8-11H2,1H3,(H,17,19)/t15-,16-/m1/s1. The van der Waals surface area contributed by atoms with E-state index in [1.54, 1.807) is 0 Å². The van der Waals surface area contributed by atoms with Gasteiger partial charge in [-0.2, -0.15) is 0 Å². The Hall–Kier alpha value is -1.45. The Morgan fingerprint density at radius 1 is 1.12 bits per heavy atom. The fourth-order valence-corrected chi connectivity index (χ4v) is 8.44. The Bertz CT molecular complexity index is 856. The lowest BCUT2D eigenvalue weighted by molar-refractivity contribution is -0.114. The highest BCUT2D eigenvalue weighted by Crippen LogP contribution is 2.31. The van der Waals surface area contributed by atoms with Crippen molar-refractivity contribution in [1.82, 2.24) is 4.90 Å². The molecule has 25 heavy (non-hydrogen) atoms. The quantitative estimate of drug-likeness (QED) is 0.817. The molecule has 0 unspecified atom stereocenters. The fourth-order valence-electron chi connectivity index (χ4n) is 3.61. The zero-order valence-electron chi connectivity index (χ0n) is 14.0. The van der Waals surface area contributed by atoms with Crippen LogP contribution in [0.1, 0.15) is 19.8 Å². The second-order valence-electron chi connectivity index (χ2n) is 6.68. The summed E-state index contributed by atoms with van der Waals surface area (Å²) in [6.45, 7) is 2.86. The van der Waals surface area contributed by atoms with Gasteiger partial charge in [0.05, 0.1) is 21.7 Å². The molecular formula is C16H22N2O5S2. The number of nitrogens with zero attached hydrogens (tertiary/aromatic N) is 1. The number of hydrogen-bond acceptors (Lipinski definition) is 6. The number of amides is 1. The minimum absolute atomic E-state index is 0.0906. The van der Waals surface area contributed by atoms with Gasteiger partial charge in [0.25, 0.3) is 0 Å². The zero-order chi connectivity index (χ0) is 18.2. The molecule has 2 aliphatic rings. The van der Waals surface area contributed by atoms with Crippen molar-refractivity contribution in [2.75, 3.05) is 29.9 Å². The molecule has 2 saturated heterocycles. The van der Waals surface area contributed by atoms with Crippen LogP contribution in [0.25, 0.3) is 0 Å². The summed E-state index contributed by atoms with van der Waals surface area (Å²) in [5.74, 6) is -0.670. The van der Waals surface area contributed by atoms with Crippen LogP contribution in [-0.2, 0) is 24.5 Å². The van der Waals surface area contributed by atoms with Crippen molar-refractivity contribution in [3.05, 3.63) is 24.3 Å². The Labute approximate surface area is 148 Å². The van der Waals surface area contributed by atoms with Crippen molar-refractivity contribution in [2.45, 2.75) is 36.0 Å². The molecular weight excluding hydrogens is 364 g/mol. The Kier molecular flexibility index (Phi) is 4.91. The first kappa shape index (κ1) is 18.3. The van der Waals surface area contributed by atoms with Gasteiger partial charge in [-0.15, -0.1) is 0 Å². The van der Waals surface area contributed by atoms with Gasteiger partial charge < -0.3 is 5.32 Å². The monoisotopic (exact) mass is 386 g/mol. The highest BCUT2D eigenvalue weighted by atomic mass is 32.2. The highest BCUT2D eigenvalue weighted by Gasteiger charge is 2.48. The zero-order valence-corrected chi connectivity index (χ0v) is 15.6. The van der Waals surface area contributed by atoms with Gasteiger partial charge in [-0.3, -0.25) is 9.69 Å². The van der Waals surface area contributed by atoms with E-state index < -0.39 is 31.0 Å². The number of benzene rings is 1. The molecule has 0 bridgehead atoms. The largest absolute Gasteiger partial charge is 0.326 e. The Morgan fingerprint density at radius 3 is 2.28 bits per heavy atom. The van der Waals surface area contributed by atoms with Crippen molar-refractivity contribution in [3.8, 4) is 0 Å². The first-order valence-electron chi connectivity index (χ1n) is 8.25. The molecule has 0 saturated carbocycles. The van der Waals surface area contributed by atoms with E-state index >= 15 is 0 Å². The molecule has 3 rings (SSSR count). The van der Waals surface area contributed by atoms with E-state index in [1.807, 2.05) is 4.90 Å². The van der Waals surface area contributed by atoms with Crippen LogP contribution in [0.2, 0.25) is 0 Å². The maximum Gasteiger partial charge on any atom is 0.221 e. The van der Waals surface area contributed by atoms with E-state index in [0.29, 0.717) is 5.69 Å². The summed E-state index contributed by atoms with van der Waals surface area (Å²) >= 11 is 0. The fraction of sp³-hybridized carbons (Fsp3) is 0.562. The van der Waals surface area contributed by atoms with E-state index in [9.17, 15) is 21.6 Å². The van der Waals surface area contributed by atoms with Gasteiger partial charge in [-0.25, -0.2) is 16.8 Å². The second-order valence-corrected chi connectivity index (χ2v) is 11.0. The second kappa shape index (κ2) is 6.69. The Balaban J connectivity index is 1.90. The average molecular weight is 386 g/mol. The van der Waals surface area contributed by atoms with Crippen LogP contribution in [0.15, 0.2) is 29.2 Å². The lowest BCUT2D eigenvalue weighted by atomic mass is 10.2. The predicted octanol–water partition coefficient (Wildman–Crippen LogP) is 0.680. The molecule has 0 radical (unpaired) electrons. The molecule has 9 heteroatoms. The van der Waals surface area contributed by atoms with E-state index in [-0.39, 0.29) is 22.3 Å². The number of carbonyl (C=O) groups excluding carboxylic acids is 1. The summed E-state index contributed by atoms with van der Waals surface area (Å²) in [6.07, 6.45) is 1.93. The predicted molar refractivity (Wildman–Crippen MR) is 95.0 cm³/mol. The molecule has 1 aromatic carbocycles. The molecule has 1 N–H and O–H groups in total. The number of anilines is 1. The number of sulfone groups is 2. The number of likely N-dealkylation sites (tertiary alicyclic amines) is 1. The number of rotatable bonds is 4. The lowest BCUT2D eigenvalue weighted by Crippen LogP contribution is -2.45. The molecule has 2 fully saturated rings. The first-order chi connectivity index (χ1) is 11.7. The van der Waals surface area contributed by atoms with Crippen LogP contribution >= 0.6 is 0 Å². The third-order valence-electron chi connectivity index (χ3n) is 4.78. The van der Waals surface area contributed by atoms with Crippen molar-refractivity contribution < 1.29 is 21.6 Å². The van der Waals surface area contributed by atoms with Crippen LogP contribution in [0.5, 0.6) is 0 Å². The highest BCUT2D eigenvalue weighted by molar-refractivity contribution is 7.96. The van der Waals surface area contributed by atoms with Gasteiger partial charge >= 0.3 is 0 Å². The van der Waals surface area contributed by atoms with Gasteiger partial charge in [0.15, 0.2) is 19.7 Å². The maximum atomic E-state index is 13.0. The van der Waals surface area contributed by atoms with Gasteiger partial charge in [-0.05, 0) is 50.2 Å². The molecule has 0 aromatic heterocycles. The summed E-state index contributed by atoms with van der Waals surface area (Å²) in [5.41, 5.74) is 0.501. The van der Waals surface area contributed by atoms with Crippen molar-refractivity contribution in [2.24, 2.45) is 0 Å². The lowest BCUT2D eigenvalue weighted by Gasteiger charge is -2.27. The molecule has 0 aliphatic carbocycles. The Morgan fingerprint density at radius 2 is 1.72 bits per heavy atom. The van der Waals surface area contributed by atoms with Crippen LogP contribution in [-0.4, -0.2) is 63.5 Å². The van der Waals surface area contributed by atoms with Crippen LogP contribution in [0.3, 0.4) is 0 Å². The minimum atomic E-state index is -3.78. The average Bonchev–Trinajstić information content (AvgIpc) is 3.14. The van der Waals surface area contributed by atoms with Crippen LogP contribution < -0.4 is 5.32 Å². The topological polar surface area (TPSA) is 101 Å². The van der Waals surface area contributed by atoms with Gasteiger partial charge in [0.1, 0.15) is 0 Å². The smallest absolute Gasteiger partial charge is 0.221 e. The van der Waals surface area contributed by atoms with Gasteiger partial charge in [0, 0.05) is 18.7 Å². The van der Waals surface area contributed by atoms with E-state index in [1.165, 1.54) is 31.2 Å². The molecule has 2 heterocycles. The number of carbonyl (C=O) groups is 1. The summed E-state index contributed by atoms with van der Waals surface area (Å²) in [5, 5.41) is 1.64. The van der Waals surface area contributed by atoms with E-state index in [4.69, 9.17) is 0 Å². The third-order valence-corrected chi connectivity index (χ3v) is 8.92. The molecule has 138 valence electrons. The number of hydrogen-bond donors (Lipinski definition) is 1. The first-order valence-corrected chi connectivity index (χ1v) is 11.6. The van der Waals surface area contributed by atoms with Gasteiger partial charge in [0.2, 0.25) is 5.91 Å². The van der Waals surface area contributed by atoms with Crippen LogP contribution in [0, 0.1) is 0 Å². The van der Waals surface area contributed by atoms with Crippen molar-refractivity contribution >= 4 is 31.3 Å². The van der Waals surface area contributed by atoms with Crippen molar-refractivity contribution in [1.29, 1.82) is 0 Å². The molecule has 0 spiro atoms. The number of nitrogens with one attached hydrogen (secondary N) is 1. The SMILES string of the molecule is CC(=O)Nc1ccc(S(=O)(=O)[C@@H]2CS(=O)(=O)C[C@H]2N2CCCC2)cc1. The van der Waals surface area contributed by atoms with Gasteiger partial charge in [-0.1, -0.05) is 0 Å². The minimum Gasteiger partial charge on any atom is -0.326 e. The molecule has 2 atom stereocenters. The summed E-state index contributed by atoms with van der Waals surface area (Å²) < 4.78 is 50.3. The van der Waals surface area contributed by atoms with Crippen molar-refractivity contribution in [3.63, 3.8) is 0 Å². The molecule has 2 aliphatic heterocycles. The summed E-state index contributed by atoms with van der Waals surface area (Å²) in [7, 11) is -7.15. The molecule has 1 aromatic rings. The summed E-state index contributed by atoms with van der Waals surface area (Å²) in [4.78, 5) is 13.2. The van der Waals surface area contributed by atoms with E-state index in [0.717, 1.165) is 25.9 Å². The maximum absolute atomic E-state index is 13.0. The third kappa shape index (κ3) is 3.88. The molecule has 7 nitrogen and oxygen atoms in total. The summed E-state index contributed by atoms with van der Waals surface area (Å²) in [6, 6.07) is 5.40. The normalized spacial score (nSPS) is 26.6. The van der Waals surface area contributed by atoms with E-state index in [2.05, 4.69) is 5.32 Å². The van der Waals surface area contributed by atoms with Crippen LogP contribution in [0.4, 0.5) is 5.69 Å².